The van der Waals surface area contributed by atoms with Gasteiger partial charge in [0.25, 0.3) is 5.91 Å². The molecule has 0 saturated heterocycles. The van der Waals surface area contributed by atoms with E-state index in [0.717, 1.165) is 6.42 Å². The number of rotatable bonds is 9. The summed E-state index contributed by atoms with van der Waals surface area (Å²) in [5.41, 5.74) is 0.431. The van der Waals surface area contributed by atoms with Crippen molar-refractivity contribution in [1.82, 2.24) is 16.0 Å². The average molecular weight is 335 g/mol. The molecule has 0 spiro atoms. The summed E-state index contributed by atoms with van der Waals surface area (Å²) in [6.07, 6.45) is 0.824. The number of carbonyl (C=O) groups excluding carboxylic acids is 3. The molecule has 0 unspecified atom stereocenters. The lowest BCUT2D eigenvalue weighted by Crippen LogP contribution is -2.48. The van der Waals surface area contributed by atoms with E-state index in [0.29, 0.717) is 24.5 Å². The van der Waals surface area contributed by atoms with Gasteiger partial charge in [-0.1, -0.05) is 6.92 Å². The van der Waals surface area contributed by atoms with Gasteiger partial charge in [-0.3, -0.25) is 14.4 Å². The Morgan fingerprint density at radius 3 is 2.33 bits per heavy atom. The monoisotopic (exact) mass is 335 g/mol. The van der Waals surface area contributed by atoms with E-state index < -0.39 is 11.9 Å². The summed E-state index contributed by atoms with van der Waals surface area (Å²) in [5, 5.41) is 7.74. The fourth-order valence-electron chi connectivity index (χ4n) is 1.89. The number of amides is 3. The summed E-state index contributed by atoms with van der Waals surface area (Å²) in [4.78, 5) is 35.4. The largest absolute Gasteiger partial charge is 0.494 e. The highest BCUT2D eigenvalue weighted by Crippen LogP contribution is 2.11. The molecule has 0 saturated carbocycles. The zero-order chi connectivity index (χ0) is 17.9. The molecule has 0 bridgehead atoms. The molecule has 1 rings (SSSR count). The number of benzene rings is 1. The molecule has 3 N–H and O–H groups in total. The van der Waals surface area contributed by atoms with Gasteiger partial charge in [-0.25, -0.2) is 0 Å². The highest BCUT2D eigenvalue weighted by Gasteiger charge is 2.15. The first-order chi connectivity index (χ1) is 11.5. The minimum absolute atomic E-state index is 0.197. The standard InChI is InChI=1S/C17H25N3O4/c1-4-10-18-16(22)12(3)20-15(21)11-19-17(23)13-6-8-14(9-7-13)24-5-2/h6-9,12H,4-5,10-11H2,1-3H3,(H,18,22)(H,19,23)(H,20,21)/t12-/m1/s1. The van der Waals surface area contributed by atoms with Gasteiger partial charge in [-0.05, 0) is 44.5 Å². The normalized spacial score (nSPS) is 11.3. The molecule has 0 aromatic heterocycles. The summed E-state index contributed by atoms with van der Waals surface area (Å²) in [6.45, 7) is 6.33. The molecular weight excluding hydrogens is 310 g/mol. The van der Waals surface area contributed by atoms with Gasteiger partial charge in [0.05, 0.1) is 13.2 Å². The van der Waals surface area contributed by atoms with Gasteiger partial charge in [0.2, 0.25) is 11.8 Å². The van der Waals surface area contributed by atoms with Crippen molar-refractivity contribution in [2.45, 2.75) is 33.2 Å². The first kappa shape index (κ1) is 19.5. The summed E-state index contributed by atoms with van der Waals surface area (Å²) < 4.78 is 5.30. The summed E-state index contributed by atoms with van der Waals surface area (Å²) in [6, 6.07) is 5.99. The number of hydrogen-bond donors (Lipinski definition) is 3. The van der Waals surface area contributed by atoms with Gasteiger partial charge in [0, 0.05) is 12.1 Å². The highest BCUT2D eigenvalue weighted by molar-refractivity contribution is 5.97. The van der Waals surface area contributed by atoms with Crippen molar-refractivity contribution in [3.63, 3.8) is 0 Å². The second-order valence-electron chi connectivity index (χ2n) is 5.22. The van der Waals surface area contributed by atoms with Crippen LogP contribution in [0.1, 0.15) is 37.6 Å². The van der Waals surface area contributed by atoms with Crippen LogP contribution in [0, 0.1) is 0 Å². The third-order valence-electron chi connectivity index (χ3n) is 3.16. The van der Waals surface area contributed by atoms with Crippen molar-refractivity contribution in [3.8, 4) is 5.75 Å². The Morgan fingerprint density at radius 1 is 1.08 bits per heavy atom. The van der Waals surface area contributed by atoms with E-state index in [1.54, 1.807) is 31.2 Å². The molecule has 24 heavy (non-hydrogen) atoms. The summed E-state index contributed by atoms with van der Waals surface area (Å²) >= 11 is 0. The van der Waals surface area contributed by atoms with Gasteiger partial charge in [-0.2, -0.15) is 0 Å². The minimum Gasteiger partial charge on any atom is -0.494 e. The van der Waals surface area contributed by atoms with E-state index in [1.807, 2.05) is 13.8 Å². The predicted octanol–water partition coefficient (Wildman–Crippen LogP) is 0.846. The summed E-state index contributed by atoms with van der Waals surface area (Å²) in [5.74, 6) is -0.355. The molecule has 1 aromatic rings. The van der Waals surface area contributed by atoms with E-state index in [9.17, 15) is 14.4 Å². The topological polar surface area (TPSA) is 96.5 Å². The highest BCUT2D eigenvalue weighted by atomic mass is 16.5. The van der Waals surface area contributed by atoms with Crippen LogP contribution in [0.2, 0.25) is 0 Å². The third-order valence-corrected chi connectivity index (χ3v) is 3.16. The number of carbonyl (C=O) groups is 3. The molecule has 1 aromatic carbocycles. The predicted molar refractivity (Wildman–Crippen MR) is 90.8 cm³/mol. The molecule has 0 heterocycles. The maximum Gasteiger partial charge on any atom is 0.251 e. The van der Waals surface area contributed by atoms with E-state index in [4.69, 9.17) is 4.74 Å². The molecule has 1 atom stereocenters. The lowest BCUT2D eigenvalue weighted by Gasteiger charge is -2.14. The van der Waals surface area contributed by atoms with E-state index in [2.05, 4.69) is 16.0 Å². The number of ether oxygens (including phenoxy) is 1. The Labute approximate surface area is 142 Å². The third kappa shape index (κ3) is 6.68. The van der Waals surface area contributed by atoms with Crippen LogP contribution in [0.25, 0.3) is 0 Å². The fraction of sp³-hybridized carbons (Fsp3) is 0.471. The van der Waals surface area contributed by atoms with Crippen LogP contribution in [0.4, 0.5) is 0 Å². The Morgan fingerprint density at radius 2 is 1.75 bits per heavy atom. The van der Waals surface area contributed by atoms with Gasteiger partial charge >= 0.3 is 0 Å². The molecule has 3 amide bonds. The molecule has 0 fully saturated rings. The van der Waals surface area contributed by atoms with Crippen LogP contribution in [-0.2, 0) is 9.59 Å². The quantitative estimate of drug-likeness (QED) is 0.623. The van der Waals surface area contributed by atoms with Crippen molar-refractivity contribution in [2.75, 3.05) is 19.7 Å². The molecule has 7 nitrogen and oxygen atoms in total. The SMILES string of the molecule is CCCNC(=O)[C@@H](C)NC(=O)CNC(=O)c1ccc(OCC)cc1. The van der Waals surface area contributed by atoms with Crippen LogP contribution in [0.3, 0.4) is 0 Å². The van der Waals surface area contributed by atoms with Crippen molar-refractivity contribution in [1.29, 1.82) is 0 Å². The van der Waals surface area contributed by atoms with Crippen LogP contribution in [0.15, 0.2) is 24.3 Å². The first-order valence-electron chi connectivity index (χ1n) is 8.06. The number of nitrogens with one attached hydrogen (secondary N) is 3. The zero-order valence-corrected chi connectivity index (χ0v) is 14.3. The van der Waals surface area contributed by atoms with Crippen LogP contribution >= 0.6 is 0 Å². The molecule has 7 heteroatoms. The molecule has 0 radical (unpaired) electrons. The second kappa shape index (κ2) is 10.3. The molecule has 0 aliphatic heterocycles. The van der Waals surface area contributed by atoms with Gasteiger partial charge in [0.15, 0.2) is 0 Å². The van der Waals surface area contributed by atoms with Gasteiger partial charge in [0.1, 0.15) is 11.8 Å². The van der Waals surface area contributed by atoms with Crippen LogP contribution in [0.5, 0.6) is 5.75 Å². The van der Waals surface area contributed by atoms with E-state index >= 15 is 0 Å². The fourth-order valence-corrected chi connectivity index (χ4v) is 1.89. The van der Waals surface area contributed by atoms with Crippen molar-refractivity contribution in [3.05, 3.63) is 29.8 Å². The van der Waals surface area contributed by atoms with Crippen LogP contribution in [-0.4, -0.2) is 43.5 Å². The summed E-state index contributed by atoms with van der Waals surface area (Å²) in [7, 11) is 0. The smallest absolute Gasteiger partial charge is 0.251 e. The molecular formula is C17H25N3O4. The average Bonchev–Trinajstić information content (AvgIpc) is 2.58. The molecule has 0 aliphatic carbocycles. The Hall–Kier alpha value is -2.57. The van der Waals surface area contributed by atoms with Crippen molar-refractivity contribution < 1.29 is 19.1 Å². The molecule has 132 valence electrons. The zero-order valence-electron chi connectivity index (χ0n) is 14.3. The van der Waals surface area contributed by atoms with Crippen LogP contribution < -0.4 is 20.7 Å². The number of hydrogen-bond acceptors (Lipinski definition) is 4. The van der Waals surface area contributed by atoms with E-state index in [-0.39, 0.29) is 18.4 Å². The van der Waals surface area contributed by atoms with E-state index in [1.165, 1.54) is 0 Å². The van der Waals surface area contributed by atoms with Gasteiger partial charge in [-0.15, -0.1) is 0 Å². The maximum absolute atomic E-state index is 12.0. The van der Waals surface area contributed by atoms with Crippen molar-refractivity contribution in [2.24, 2.45) is 0 Å². The molecule has 0 aliphatic rings. The first-order valence-corrected chi connectivity index (χ1v) is 8.06. The van der Waals surface area contributed by atoms with Crippen molar-refractivity contribution >= 4 is 17.7 Å². The Balaban J connectivity index is 2.40. The lowest BCUT2D eigenvalue weighted by molar-refractivity contribution is -0.128. The Bertz CT molecular complexity index is 557. The maximum atomic E-state index is 12.0. The second-order valence-corrected chi connectivity index (χ2v) is 5.22. The lowest BCUT2D eigenvalue weighted by atomic mass is 10.2. The van der Waals surface area contributed by atoms with Gasteiger partial charge < -0.3 is 20.7 Å². The minimum atomic E-state index is -0.647. The Kier molecular flexibility index (Phi) is 8.32.